The summed E-state index contributed by atoms with van der Waals surface area (Å²) in [5, 5.41) is 3.26. The average Bonchev–Trinajstić information content (AvgIpc) is 3.47. The fourth-order valence-corrected chi connectivity index (χ4v) is 4.85. The van der Waals surface area contributed by atoms with Gasteiger partial charge in [0.05, 0.1) is 5.69 Å². The van der Waals surface area contributed by atoms with Crippen LogP contribution in [0.25, 0.3) is 0 Å². The third kappa shape index (κ3) is 4.29. The first-order valence-electron chi connectivity index (χ1n) is 10.3. The highest BCUT2D eigenvalue weighted by molar-refractivity contribution is 8.15. The third-order valence-electron chi connectivity index (χ3n) is 5.70. The number of aryl methyl sites for hydroxylation is 3. The Labute approximate surface area is 182 Å². The summed E-state index contributed by atoms with van der Waals surface area (Å²) in [4.78, 5) is 32.4. The monoisotopic (exact) mass is 421 g/mol. The number of benzene rings is 2. The zero-order valence-electron chi connectivity index (χ0n) is 17.9. The molecule has 0 spiro atoms. The number of carbonyl (C=O) groups excluding carboxylic acids is 2. The van der Waals surface area contributed by atoms with Gasteiger partial charge in [-0.1, -0.05) is 41.6 Å². The van der Waals surface area contributed by atoms with Crippen molar-refractivity contribution in [1.82, 2.24) is 4.90 Å². The lowest BCUT2D eigenvalue weighted by Gasteiger charge is -2.16. The Kier molecular flexibility index (Phi) is 5.69. The van der Waals surface area contributed by atoms with Crippen LogP contribution in [0.15, 0.2) is 41.4 Å². The average molecular weight is 422 g/mol. The van der Waals surface area contributed by atoms with E-state index in [2.05, 4.69) is 18.3 Å². The van der Waals surface area contributed by atoms with Gasteiger partial charge in [0.2, 0.25) is 11.8 Å². The van der Waals surface area contributed by atoms with Gasteiger partial charge < -0.3 is 5.32 Å². The van der Waals surface area contributed by atoms with Crippen molar-refractivity contribution in [3.05, 3.63) is 58.7 Å². The normalized spacial score (nSPS) is 20.1. The molecule has 0 bridgehead atoms. The highest BCUT2D eigenvalue weighted by atomic mass is 32.2. The lowest BCUT2D eigenvalue weighted by Crippen LogP contribution is -2.35. The Morgan fingerprint density at radius 1 is 1.13 bits per heavy atom. The van der Waals surface area contributed by atoms with Crippen LogP contribution in [0.1, 0.15) is 41.5 Å². The van der Waals surface area contributed by atoms with E-state index in [-0.39, 0.29) is 24.3 Å². The molecule has 1 saturated carbocycles. The molecule has 0 radical (unpaired) electrons. The predicted molar refractivity (Wildman–Crippen MR) is 123 cm³/mol. The zero-order valence-corrected chi connectivity index (χ0v) is 18.7. The number of amidine groups is 1. The molecule has 2 fully saturated rings. The smallest absolute Gasteiger partial charge is 0.242 e. The van der Waals surface area contributed by atoms with Gasteiger partial charge in [0.25, 0.3) is 0 Å². The molecule has 1 heterocycles. The third-order valence-corrected chi connectivity index (χ3v) is 6.85. The fraction of sp³-hybridized carbons (Fsp3) is 0.375. The van der Waals surface area contributed by atoms with Crippen molar-refractivity contribution in [3.63, 3.8) is 0 Å². The molecule has 1 aliphatic carbocycles. The Balaban J connectivity index is 1.52. The number of thioether (sulfide) groups is 1. The maximum absolute atomic E-state index is 13.1. The molecule has 0 unspecified atom stereocenters. The number of amides is 2. The molecule has 1 aliphatic heterocycles. The second-order valence-corrected chi connectivity index (χ2v) is 9.40. The number of aliphatic imine (C=N–C) groups is 1. The first-order chi connectivity index (χ1) is 14.3. The number of anilines is 1. The molecule has 30 heavy (non-hydrogen) atoms. The van der Waals surface area contributed by atoms with Crippen molar-refractivity contribution >= 4 is 40.1 Å². The Morgan fingerprint density at radius 2 is 1.90 bits per heavy atom. The maximum atomic E-state index is 13.1. The fourth-order valence-electron chi connectivity index (χ4n) is 3.65. The lowest BCUT2D eigenvalue weighted by molar-refractivity contribution is -0.128. The van der Waals surface area contributed by atoms with Crippen molar-refractivity contribution in [1.29, 1.82) is 0 Å². The van der Waals surface area contributed by atoms with Crippen molar-refractivity contribution in [2.24, 2.45) is 4.99 Å². The standard InChI is InChI=1S/C24H27N3O2S/c1-14-8-11-19(16(3)12-14)25-22(28)13-21-23(29)27(18-9-10-18)24(30-21)26-20-7-5-6-15(2)17(20)4/h5-8,11-12,18,21H,9-10,13H2,1-4H3,(H,25,28)/t21-/m1/s1. The van der Waals surface area contributed by atoms with Gasteiger partial charge in [0.15, 0.2) is 5.17 Å². The van der Waals surface area contributed by atoms with Crippen LogP contribution < -0.4 is 5.32 Å². The van der Waals surface area contributed by atoms with Crippen LogP contribution >= 0.6 is 11.8 Å². The van der Waals surface area contributed by atoms with E-state index >= 15 is 0 Å². The molecule has 2 aromatic carbocycles. The van der Waals surface area contributed by atoms with E-state index in [0.717, 1.165) is 46.1 Å². The number of rotatable bonds is 5. The summed E-state index contributed by atoms with van der Waals surface area (Å²) >= 11 is 1.42. The van der Waals surface area contributed by atoms with Gasteiger partial charge in [-0.15, -0.1) is 0 Å². The Morgan fingerprint density at radius 3 is 2.60 bits per heavy atom. The molecule has 0 aromatic heterocycles. The molecular weight excluding hydrogens is 394 g/mol. The zero-order chi connectivity index (χ0) is 21.4. The first-order valence-corrected chi connectivity index (χ1v) is 11.2. The van der Waals surface area contributed by atoms with E-state index in [9.17, 15) is 9.59 Å². The SMILES string of the molecule is Cc1ccc(NC(=O)C[C@H]2SC(=Nc3cccc(C)c3C)N(C3CC3)C2=O)c(C)c1. The topological polar surface area (TPSA) is 61.8 Å². The van der Waals surface area contributed by atoms with E-state index in [1.165, 1.54) is 17.3 Å². The van der Waals surface area contributed by atoms with Crippen molar-refractivity contribution in [3.8, 4) is 0 Å². The van der Waals surface area contributed by atoms with Crippen molar-refractivity contribution in [2.75, 3.05) is 5.32 Å². The van der Waals surface area contributed by atoms with Crippen LogP contribution in [0, 0.1) is 27.7 Å². The summed E-state index contributed by atoms with van der Waals surface area (Å²) in [6, 6.07) is 12.2. The molecule has 6 heteroatoms. The van der Waals surface area contributed by atoms with E-state index in [0.29, 0.717) is 0 Å². The summed E-state index contributed by atoms with van der Waals surface area (Å²) < 4.78 is 0. The van der Waals surface area contributed by atoms with E-state index in [1.807, 2.05) is 56.0 Å². The van der Waals surface area contributed by atoms with E-state index in [1.54, 1.807) is 0 Å². The minimum Gasteiger partial charge on any atom is -0.326 e. The van der Waals surface area contributed by atoms with Crippen LogP contribution in [-0.2, 0) is 9.59 Å². The van der Waals surface area contributed by atoms with Gasteiger partial charge in [-0.2, -0.15) is 0 Å². The second-order valence-electron chi connectivity index (χ2n) is 8.23. The summed E-state index contributed by atoms with van der Waals surface area (Å²) in [5.74, 6) is -0.140. The minimum absolute atomic E-state index is 0.00216. The number of nitrogens with one attached hydrogen (secondary N) is 1. The minimum atomic E-state index is -0.430. The molecule has 2 aromatic rings. The quantitative estimate of drug-likeness (QED) is 0.735. The largest absolute Gasteiger partial charge is 0.326 e. The Bertz CT molecular complexity index is 1040. The van der Waals surface area contributed by atoms with Crippen LogP contribution in [0.3, 0.4) is 0 Å². The molecule has 156 valence electrons. The number of hydrogen-bond donors (Lipinski definition) is 1. The van der Waals surface area contributed by atoms with Gasteiger partial charge in [0.1, 0.15) is 5.25 Å². The van der Waals surface area contributed by atoms with Crippen LogP contribution in [0.2, 0.25) is 0 Å². The van der Waals surface area contributed by atoms with Crippen LogP contribution in [0.5, 0.6) is 0 Å². The van der Waals surface area contributed by atoms with E-state index < -0.39 is 5.25 Å². The summed E-state index contributed by atoms with van der Waals surface area (Å²) in [6.07, 6.45) is 2.14. The molecule has 2 amide bonds. The van der Waals surface area contributed by atoms with Crippen LogP contribution in [-0.4, -0.2) is 33.2 Å². The molecular formula is C24H27N3O2S. The van der Waals surface area contributed by atoms with Gasteiger partial charge in [-0.3, -0.25) is 14.5 Å². The van der Waals surface area contributed by atoms with Gasteiger partial charge >= 0.3 is 0 Å². The lowest BCUT2D eigenvalue weighted by atomic mass is 10.1. The number of hydrogen-bond acceptors (Lipinski definition) is 4. The summed E-state index contributed by atoms with van der Waals surface area (Å²) in [7, 11) is 0. The summed E-state index contributed by atoms with van der Waals surface area (Å²) in [6.45, 7) is 8.11. The number of carbonyl (C=O) groups is 2. The van der Waals surface area contributed by atoms with E-state index in [4.69, 9.17) is 4.99 Å². The summed E-state index contributed by atoms with van der Waals surface area (Å²) in [5.41, 5.74) is 6.14. The maximum Gasteiger partial charge on any atom is 0.242 e. The van der Waals surface area contributed by atoms with Crippen molar-refractivity contribution < 1.29 is 9.59 Å². The predicted octanol–water partition coefficient (Wildman–Crippen LogP) is 5.04. The van der Waals surface area contributed by atoms with Gasteiger partial charge in [0, 0.05) is 18.2 Å². The van der Waals surface area contributed by atoms with Gasteiger partial charge in [-0.05, 0) is 69.4 Å². The highest BCUT2D eigenvalue weighted by Crippen LogP contribution is 2.40. The molecule has 1 atom stereocenters. The Hall–Kier alpha value is -2.60. The molecule has 1 N–H and O–H groups in total. The second kappa shape index (κ2) is 8.26. The molecule has 4 rings (SSSR count). The molecule has 2 aliphatic rings. The highest BCUT2D eigenvalue weighted by Gasteiger charge is 2.46. The molecule has 5 nitrogen and oxygen atoms in total. The van der Waals surface area contributed by atoms with Crippen molar-refractivity contribution in [2.45, 2.75) is 58.2 Å². The first kappa shape index (κ1) is 20.7. The van der Waals surface area contributed by atoms with Crippen LogP contribution in [0.4, 0.5) is 11.4 Å². The molecule has 1 saturated heterocycles. The van der Waals surface area contributed by atoms with Gasteiger partial charge in [-0.25, -0.2) is 4.99 Å². The number of nitrogens with zero attached hydrogens (tertiary/aromatic N) is 2.